The molecule has 1 aromatic carbocycles. The van der Waals surface area contributed by atoms with Crippen molar-refractivity contribution in [2.24, 2.45) is 0 Å². The van der Waals surface area contributed by atoms with Gasteiger partial charge in [-0.1, -0.05) is 16.8 Å². The lowest BCUT2D eigenvalue weighted by atomic mass is 10.2. The van der Waals surface area contributed by atoms with Gasteiger partial charge in [-0.05, 0) is 31.2 Å². The fraction of sp³-hybridized carbons (Fsp3) is 0.250. The number of aliphatic carboxylic acids is 1. The zero-order valence-electron chi connectivity index (χ0n) is 10.0. The highest BCUT2D eigenvalue weighted by atomic mass is 35.5. The summed E-state index contributed by atoms with van der Waals surface area (Å²) in [6.45, 7) is 1.38. The summed E-state index contributed by atoms with van der Waals surface area (Å²) in [5.74, 6) is -0.422. The standard InChI is InChI=1S/C12H11ClN2O4/c1-7(12(16)17)18-6-10-14-11(15-19-10)8-2-4-9(13)5-3-8/h2-5,7H,6H2,1H3,(H,16,17)/t7-/m1/s1. The molecule has 1 atom stereocenters. The predicted octanol–water partition coefficient (Wildman–Crippen LogP) is 2.38. The lowest BCUT2D eigenvalue weighted by molar-refractivity contribution is -0.150. The van der Waals surface area contributed by atoms with Crippen LogP contribution in [0.4, 0.5) is 0 Å². The molecule has 0 bridgehead atoms. The van der Waals surface area contributed by atoms with Crippen molar-refractivity contribution in [2.45, 2.75) is 19.6 Å². The second-order valence-corrected chi connectivity index (χ2v) is 4.25. The minimum absolute atomic E-state index is 0.0476. The van der Waals surface area contributed by atoms with Gasteiger partial charge in [0.25, 0.3) is 5.89 Å². The molecule has 1 aromatic heterocycles. The van der Waals surface area contributed by atoms with E-state index in [0.29, 0.717) is 10.8 Å². The number of hydrogen-bond acceptors (Lipinski definition) is 5. The number of carboxylic acids is 1. The van der Waals surface area contributed by atoms with Crippen LogP contribution < -0.4 is 0 Å². The summed E-state index contributed by atoms with van der Waals surface area (Å²) >= 11 is 5.78. The monoisotopic (exact) mass is 282 g/mol. The highest BCUT2D eigenvalue weighted by Gasteiger charge is 2.14. The van der Waals surface area contributed by atoms with Crippen LogP contribution in [0.5, 0.6) is 0 Å². The maximum atomic E-state index is 10.6. The van der Waals surface area contributed by atoms with Gasteiger partial charge in [-0.3, -0.25) is 0 Å². The number of carbonyl (C=O) groups is 1. The van der Waals surface area contributed by atoms with Crippen molar-refractivity contribution in [3.05, 3.63) is 35.2 Å². The number of carboxylic acid groups (broad SMARTS) is 1. The molecule has 6 nitrogen and oxygen atoms in total. The van der Waals surface area contributed by atoms with Gasteiger partial charge in [0, 0.05) is 10.6 Å². The van der Waals surface area contributed by atoms with Crippen LogP contribution in [-0.4, -0.2) is 27.3 Å². The summed E-state index contributed by atoms with van der Waals surface area (Å²) in [4.78, 5) is 14.7. The predicted molar refractivity (Wildman–Crippen MR) is 66.6 cm³/mol. The first-order valence-corrected chi connectivity index (χ1v) is 5.87. The molecule has 0 aliphatic carbocycles. The highest BCUT2D eigenvalue weighted by molar-refractivity contribution is 6.30. The van der Waals surface area contributed by atoms with E-state index in [2.05, 4.69) is 10.1 Å². The number of hydrogen-bond donors (Lipinski definition) is 1. The third-order valence-corrected chi connectivity index (χ3v) is 2.63. The zero-order chi connectivity index (χ0) is 13.8. The topological polar surface area (TPSA) is 85.5 Å². The van der Waals surface area contributed by atoms with E-state index >= 15 is 0 Å². The lowest BCUT2D eigenvalue weighted by Crippen LogP contribution is -2.19. The molecule has 1 N–H and O–H groups in total. The van der Waals surface area contributed by atoms with Gasteiger partial charge in [0.1, 0.15) is 6.61 Å². The van der Waals surface area contributed by atoms with Crippen molar-refractivity contribution in [3.63, 3.8) is 0 Å². The number of nitrogens with zero attached hydrogens (tertiary/aromatic N) is 2. The van der Waals surface area contributed by atoms with Crippen LogP contribution in [-0.2, 0) is 16.1 Å². The van der Waals surface area contributed by atoms with E-state index in [1.165, 1.54) is 6.92 Å². The van der Waals surface area contributed by atoms with Gasteiger partial charge in [0.05, 0.1) is 0 Å². The van der Waals surface area contributed by atoms with Gasteiger partial charge in [-0.15, -0.1) is 0 Å². The molecule has 0 amide bonds. The van der Waals surface area contributed by atoms with E-state index in [-0.39, 0.29) is 12.5 Å². The number of halogens is 1. The van der Waals surface area contributed by atoms with E-state index < -0.39 is 12.1 Å². The first-order valence-electron chi connectivity index (χ1n) is 5.49. The van der Waals surface area contributed by atoms with Crippen LogP contribution in [0.15, 0.2) is 28.8 Å². The van der Waals surface area contributed by atoms with Gasteiger partial charge in [0.15, 0.2) is 6.10 Å². The van der Waals surface area contributed by atoms with Crippen molar-refractivity contribution in [3.8, 4) is 11.4 Å². The van der Waals surface area contributed by atoms with Crippen molar-refractivity contribution in [1.29, 1.82) is 0 Å². The number of rotatable bonds is 5. The van der Waals surface area contributed by atoms with E-state index in [1.54, 1.807) is 24.3 Å². The molecule has 2 aromatic rings. The average molecular weight is 283 g/mol. The Morgan fingerprint density at radius 2 is 2.16 bits per heavy atom. The summed E-state index contributed by atoms with van der Waals surface area (Å²) in [7, 11) is 0. The third kappa shape index (κ3) is 3.52. The Balaban J connectivity index is 2.03. The molecule has 0 fully saturated rings. The zero-order valence-corrected chi connectivity index (χ0v) is 10.8. The molecule has 0 radical (unpaired) electrons. The van der Waals surface area contributed by atoms with E-state index in [9.17, 15) is 4.79 Å². The summed E-state index contributed by atoms with van der Waals surface area (Å²) in [6, 6.07) is 6.96. The molecule has 19 heavy (non-hydrogen) atoms. The van der Waals surface area contributed by atoms with Gasteiger partial charge in [-0.25, -0.2) is 4.79 Å². The maximum Gasteiger partial charge on any atom is 0.332 e. The molecule has 0 unspecified atom stereocenters. The van der Waals surface area contributed by atoms with Gasteiger partial charge < -0.3 is 14.4 Å². The first kappa shape index (κ1) is 13.5. The fourth-order valence-electron chi connectivity index (χ4n) is 1.30. The van der Waals surface area contributed by atoms with Crippen LogP contribution in [0.2, 0.25) is 5.02 Å². The summed E-state index contributed by atoms with van der Waals surface area (Å²) in [5.41, 5.74) is 0.755. The quantitative estimate of drug-likeness (QED) is 0.906. The summed E-state index contributed by atoms with van der Waals surface area (Å²) in [5, 5.41) is 13.1. The van der Waals surface area contributed by atoms with Crippen LogP contribution in [0.25, 0.3) is 11.4 Å². The Hall–Kier alpha value is -1.92. The van der Waals surface area contributed by atoms with E-state index in [0.717, 1.165) is 5.56 Å². The van der Waals surface area contributed by atoms with E-state index in [4.69, 9.17) is 26.0 Å². The molecule has 2 rings (SSSR count). The fourth-order valence-corrected chi connectivity index (χ4v) is 1.42. The van der Waals surface area contributed by atoms with Gasteiger partial charge >= 0.3 is 5.97 Å². The summed E-state index contributed by atoms with van der Waals surface area (Å²) in [6.07, 6.45) is -0.925. The highest BCUT2D eigenvalue weighted by Crippen LogP contribution is 2.18. The van der Waals surface area contributed by atoms with E-state index in [1.807, 2.05) is 0 Å². The largest absolute Gasteiger partial charge is 0.479 e. The molecule has 100 valence electrons. The SMILES string of the molecule is C[C@@H](OCc1nc(-c2ccc(Cl)cc2)no1)C(=O)O. The van der Waals surface area contributed by atoms with Crippen LogP contribution in [0.3, 0.4) is 0 Å². The molecular weight excluding hydrogens is 272 g/mol. The Labute approximate surface area is 114 Å². The van der Waals surface area contributed by atoms with Crippen LogP contribution in [0.1, 0.15) is 12.8 Å². The molecule has 1 heterocycles. The Morgan fingerprint density at radius 3 is 2.79 bits per heavy atom. The molecular formula is C12H11ClN2O4. The molecule has 0 aliphatic heterocycles. The molecule has 0 spiro atoms. The Morgan fingerprint density at radius 1 is 1.47 bits per heavy atom. The second kappa shape index (κ2) is 5.81. The maximum absolute atomic E-state index is 10.6. The minimum atomic E-state index is -1.04. The number of aromatic nitrogens is 2. The van der Waals surface area contributed by atoms with Crippen molar-refractivity contribution < 1.29 is 19.2 Å². The third-order valence-electron chi connectivity index (χ3n) is 2.38. The molecule has 0 saturated carbocycles. The Kier molecular flexibility index (Phi) is 4.13. The summed E-state index contributed by atoms with van der Waals surface area (Å²) < 4.78 is 10.0. The lowest BCUT2D eigenvalue weighted by Gasteiger charge is -2.04. The molecule has 0 aliphatic rings. The van der Waals surface area contributed by atoms with Crippen molar-refractivity contribution in [1.82, 2.24) is 10.1 Å². The second-order valence-electron chi connectivity index (χ2n) is 3.81. The number of ether oxygens (including phenoxy) is 1. The first-order chi connectivity index (χ1) is 9.06. The normalized spacial score (nSPS) is 12.3. The van der Waals surface area contributed by atoms with Crippen molar-refractivity contribution in [2.75, 3.05) is 0 Å². The van der Waals surface area contributed by atoms with Crippen molar-refractivity contribution >= 4 is 17.6 Å². The number of benzene rings is 1. The Bertz CT molecular complexity index is 567. The van der Waals surface area contributed by atoms with Gasteiger partial charge in [0.2, 0.25) is 5.82 Å². The average Bonchev–Trinajstić information content (AvgIpc) is 2.85. The molecule has 0 saturated heterocycles. The van der Waals surface area contributed by atoms with Crippen LogP contribution in [0, 0.1) is 0 Å². The smallest absolute Gasteiger partial charge is 0.332 e. The van der Waals surface area contributed by atoms with Gasteiger partial charge in [-0.2, -0.15) is 4.98 Å². The minimum Gasteiger partial charge on any atom is -0.479 e. The molecule has 7 heteroatoms. The van der Waals surface area contributed by atoms with Crippen LogP contribution >= 0.6 is 11.6 Å².